The van der Waals surface area contributed by atoms with Gasteiger partial charge < -0.3 is 19.3 Å². The molecule has 1 atom stereocenters. The van der Waals surface area contributed by atoms with Crippen molar-refractivity contribution in [3.8, 4) is 17.2 Å². The summed E-state index contributed by atoms with van der Waals surface area (Å²) in [6.07, 6.45) is 0.679. The van der Waals surface area contributed by atoms with E-state index in [0.29, 0.717) is 5.89 Å². The first-order chi connectivity index (χ1) is 11.1. The molecule has 0 bridgehead atoms. The van der Waals surface area contributed by atoms with Gasteiger partial charge in [0.05, 0.1) is 0 Å². The van der Waals surface area contributed by atoms with Gasteiger partial charge in [0.2, 0.25) is 11.6 Å². The van der Waals surface area contributed by atoms with E-state index in [2.05, 4.69) is 15.2 Å². The van der Waals surface area contributed by atoms with Crippen LogP contribution >= 0.6 is 0 Å². The molecule has 0 amide bonds. The highest BCUT2D eigenvalue weighted by Crippen LogP contribution is 2.29. The van der Waals surface area contributed by atoms with Crippen molar-refractivity contribution in [1.82, 2.24) is 15.2 Å². The van der Waals surface area contributed by atoms with Crippen molar-refractivity contribution in [3.05, 3.63) is 64.7 Å². The van der Waals surface area contributed by atoms with Gasteiger partial charge in [-0.1, -0.05) is 18.2 Å². The Morgan fingerprint density at radius 1 is 1.17 bits per heavy atom. The molecule has 2 heterocycles. The molecule has 0 aliphatic rings. The zero-order valence-electron chi connectivity index (χ0n) is 12.1. The van der Waals surface area contributed by atoms with Crippen molar-refractivity contribution >= 4 is 5.82 Å². The fourth-order valence-corrected chi connectivity index (χ4v) is 1.95. The molecule has 2 aromatic heterocycles. The summed E-state index contributed by atoms with van der Waals surface area (Å²) < 4.78 is 11.1. The highest BCUT2D eigenvalue weighted by Gasteiger charge is 2.22. The van der Waals surface area contributed by atoms with Gasteiger partial charge in [0.15, 0.2) is 6.10 Å². The van der Waals surface area contributed by atoms with E-state index in [-0.39, 0.29) is 17.5 Å². The van der Waals surface area contributed by atoms with E-state index in [1.165, 1.54) is 12.3 Å². The fourth-order valence-electron chi connectivity index (χ4n) is 1.95. The second kappa shape index (κ2) is 6.22. The minimum Gasteiger partial charge on any atom is -0.473 e. The lowest BCUT2D eigenvalue weighted by atomic mass is 10.2. The minimum atomic E-state index is -0.650. The number of hydrogen-bond acceptors (Lipinski definition) is 7. The van der Waals surface area contributed by atoms with E-state index in [9.17, 15) is 10.1 Å². The maximum absolute atomic E-state index is 10.9. The van der Waals surface area contributed by atoms with Crippen LogP contribution in [0.15, 0.2) is 53.1 Å². The van der Waals surface area contributed by atoms with Crippen LogP contribution in [0.1, 0.15) is 18.9 Å². The van der Waals surface area contributed by atoms with Crippen molar-refractivity contribution < 1.29 is 14.1 Å². The lowest BCUT2D eigenvalue weighted by Gasteiger charge is -2.10. The standard InChI is InChI=1S/C15H12N4O4/c1-10(22-12-8-5-9-16-13(12)19(20)21)14-17-18-15(23-14)11-6-3-2-4-7-11/h2-10H,1H3/t10-/m1/s1. The van der Waals surface area contributed by atoms with Gasteiger partial charge in [0.1, 0.15) is 6.20 Å². The molecule has 1 aromatic carbocycles. The molecule has 8 nitrogen and oxygen atoms in total. The predicted octanol–water partition coefficient (Wildman–Crippen LogP) is 3.18. The van der Waals surface area contributed by atoms with Crippen molar-refractivity contribution in [1.29, 1.82) is 0 Å². The Kier molecular flexibility index (Phi) is 3.96. The zero-order chi connectivity index (χ0) is 16.2. The van der Waals surface area contributed by atoms with Gasteiger partial charge in [-0.05, 0) is 41.1 Å². The quantitative estimate of drug-likeness (QED) is 0.526. The van der Waals surface area contributed by atoms with Crippen LogP contribution in [0.25, 0.3) is 11.5 Å². The van der Waals surface area contributed by atoms with Crippen LogP contribution in [-0.2, 0) is 0 Å². The first-order valence-corrected chi connectivity index (χ1v) is 6.80. The van der Waals surface area contributed by atoms with Gasteiger partial charge >= 0.3 is 5.82 Å². The second-order valence-electron chi connectivity index (χ2n) is 4.65. The molecule has 0 N–H and O–H groups in total. The summed E-state index contributed by atoms with van der Waals surface area (Å²) in [6, 6.07) is 12.3. The van der Waals surface area contributed by atoms with E-state index in [1.807, 2.05) is 30.3 Å². The Labute approximate surface area is 130 Å². The molecule has 0 radical (unpaired) electrons. The van der Waals surface area contributed by atoms with Crippen molar-refractivity contribution in [2.45, 2.75) is 13.0 Å². The molecule has 3 rings (SSSR count). The maximum Gasteiger partial charge on any atom is 0.406 e. The molecular formula is C15H12N4O4. The van der Waals surface area contributed by atoms with E-state index >= 15 is 0 Å². The van der Waals surface area contributed by atoms with Gasteiger partial charge in [0, 0.05) is 5.56 Å². The number of benzene rings is 1. The first-order valence-electron chi connectivity index (χ1n) is 6.80. The van der Waals surface area contributed by atoms with E-state index < -0.39 is 11.0 Å². The highest BCUT2D eigenvalue weighted by molar-refractivity contribution is 5.51. The van der Waals surface area contributed by atoms with Crippen LogP contribution in [0.2, 0.25) is 0 Å². The Hall–Kier alpha value is -3.29. The van der Waals surface area contributed by atoms with E-state index in [0.717, 1.165) is 5.56 Å². The average molecular weight is 312 g/mol. The van der Waals surface area contributed by atoms with Gasteiger partial charge in [-0.2, -0.15) is 0 Å². The molecule has 0 aliphatic heterocycles. The van der Waals surface area contributed by atoms with Crippen LogP contribution in [0.4, 0.5) is 5.82 Å². The molecule has 23 heavy (non-hydrogen) atoms. The molecule has 0 fully saturated rings. The SMILES string of the molecule is C[C@@H](Oc1cccnc1[N+](=O)[O-])c1nnc(-c2ccccc2)o1. The molecule has 116 valence electrons. The van der Waals surface area contributed by atoms with Gasteiger partial charge in [-0.15, -0.1) is 10.2 Å². The van der Waals surface area contributed by atoms with E-state index in [1.54, 1.807) is 13.0 Å². The Morgan fingerprint density at radius 2 is 1.96 bits per heavy atom. The lowest BCUT2D eigenvalue weighted by Crippen LogP contribution is -2.06. The van der Waals surface area contributed by atoms with Crippen LogP contribution in [0, 0.1) is 10.1 Å². The van der Waals surface area contributed by atoms with Gasteiger partial charge in [0.25, 0.3) is 5.89 Å². The fraction of sp³-hybridized carbons (Fsp3) is 0.133. The third-order valence-electron chi connectivity index (χ3n) is 3.04. The number of pyridine rings is 1. The van der Waals surface area contributed by atoms with Crippen LogP contribution in [0.3, 0.4) is 0 Å². The monoisotopic (exact) mass is 312 g/mol. The third-order valence-corrected chi connectivity index (χ3v) is 3.04. The molecule has 8 heteroatoms. The summed E-state index contributed by atoms with van der Waals surface area (Å²) in [7, 11) is 0. The highest BCUT2D eigenvalue weighted by atomic mass is 16.6. The Morgan fingerprint density at radius 3 is 2.70 bits per heavy atom. The normalized spacial score (nSPS) is 11.9. The van der Waals surface area contributed by atoms with Gasteiger partial charge in [-0.25, -0.2) is 0 Å². The van der Waals surface area contributed by atoms with Crippen LogP contribution in [-0.4, -0.2) is 20.1 Å². The third kappa shape index (κ3) is 3.15. The molecule has 0 unspecified atom stereocenters. The van der Waals surface area contributed by atoms with E-state index in [4.69, 9.17) is 9.15 Å². The Bertz CT molecular complexity index is 819. The number of aromatic nitrogens is 3. The molecule has 3 aromatic rings. The second-order valence-corrected chi connectivity index (χ2v) is 4.65. The largest absolute Gasteiger partial charge is 0.473 e. The summed E-state index contributed by atoms with van der Waals surface area (Å²) >= 11 is 0. The van der Waals surface area contributed by atoms with Crippen molar-refractivity contribution in [3.63, 3.8) is 0 Å². The Balaban J connectivity index is 1.81. The summed E-state index contributed by atoms with van der Waals surface area (Å²) in [5.41, 5.74) is 0.783. The number of hydrogen-bond donors (Lipinski definition) is 0. The van der Waals surface area contributed by atoms with Crippen molar-refractivity contribution in [2.75, 3.05) is 0 Å². The number of rotatable bonds is 5. The van der Waals surface area contributed by atoms with Crippen LogP contribution < -0.4 is 4.74 Å². The number of nitro groups is 1. The molecule has 0 saturated carbocycles. The summed E-state index contributed by atoms with van der Waals surface area (Å²) in [5.74, 6) is 0.269. The number of ether oxygens (including phenoxy) is 1. The summed E-state index contributed by atoms with van der Waals surface area (Å²) in [6.45, 7) is 1.67. The summed E-state index contributed by atoms with van der Waals surface area (Å²) in [4.78, 5) is 14.0. The molecular weight excluding hydrogens is 300 g/mol. The summed E-state index contributed by atoms with van der Waals surface area (Å²) in [5, 5.41) is 18.8. The first kappa shape index (κ1) is 14.6. The lowest BCUT2D eigenvalue weighted by molar-refractivity contribution is -0.390. The number of nitrogens with zero attached hydrogens (tertiary/aromatic N) is 4. The predicted molar refractivity (Wildman–Crippen MR) is 79.7 cm³/mol. The maximum atomic E-state index is 10.9. The molecule has 0 aliphatic carbocycles. The minimum absolute atomic E-state index is 0.0458. The smallest absolute Gasteiger partial charge is 0.406 e. The van der Waals surface area contributed by atoms with Gasteiger partial charge in [-0.3, -0.25) is 0 Å². The molecule has 0 saturated heterocycles. The van der Waals surface area contributed by atoms with Crippen molar-refractivity contribution in [2.24, 2.45) is 0 Å². The average Bonchev–Trinajstić information content (AvgIpc) is 3.06. The molecule has 0 spiro atoms. The zero-order valence-corrected chi connectivity index (χ0v) is 12.1. The van der Waals surface area contributed by atoms with Crippen LogP contribution in [0.5, 0.6) is 5.75 Å². The topological polar surface area (TPSA) is 104 Å².